The quantitative estimate of drug-likeness (QED) is 0.722. The molecule has 1 aliphatic carbocycles. The van der Waals surface area contributed by atoms with Crippen LogP contribution in [0.3, 0.4) is 0 Å². The highest BCUT2D eigenvalue weighted by Gasteiger charge is 2.49. The van der Waals surface area contributed by atoms with E-state index in [0.717, 1.165) is 30.6 Å². The van der Waals surface area contributed by atoms with Gasteiger partial charge in [0.15, 0.2) is 11.8 Å². The normalized spacial score (nSPS) is 22.7. The molecule has 0 saturated heterocycles. The van der Waals surface area contributed by atoms with Crippen molar-refractivity contribution < 1.29 is 19.0 Å². The van der Waals surface area contributed by atoms with Crippen LogP contribution in [0.15, 0.2) is 29.0 Å². The van der Waals surface area contributed by atoms with Gasteiger partial charge in [-0.25, -0.2) is 4.79 Å². The Morgan fingerprint density at radius 3 is 2.82 bits per heavy atom. The third-order valence-electron chi connectivity index (χ3n) is 5.42. The van der Waals surface area contributed by atoms with Crippen LogP contribution in [0.5, 0.6) is 0 Å². The van der Waals surface area contributed by atoms with Gasteiger partial charge in [0, 0.05) is 17.3 Å². The SMILES string of the molecule is O=C(C[N+]1=C2C=CSC2C(=O)N(CCc2cccs2)C1=O)NC1CCCCC1. The molecule has 8 heteroatoms. The van der Waals surface area contributed by atoms with Crippen LogP contribution >= 0.6 is 23.1 Å². The first-order chi connectivity index (χ1) is 13.6. The van der Waals surface area contributed by atoms with Crippen molar-refractivity contribution in [3.63, 3.8) is 0 Å². The topological polar surface area (TPSA) is 69.5 Å². The zero-order valence-corrected chi connectivity index (χ0v) is 17.3. The number of hydrogen-bond acceptors (Lipinski definition) is 5. The molecule has 1 atom stereocenters. The molecular weight excluding hydrogens is 394 g/mol. The summed E-state index contributed by atoms with van der Waals surface area (Å²) >= 11 is 3.01. The molecule has 2 aliphatic heterocycles. The number of imide groups is 1. The zero-order valence-electron chi connectivity index (χ0n) is 15.6. The third kappa shape index (κ3) is 4.07. The Morgan fingerprint density at radius 2 is 2.07 bits per heavy atom. The standard InChI is InChI=1S/C20H23N3O3S2/c24-17(21-14-5-2-1-3-6-14)13-23-16-9-12-28-18(16)19(25)22(20(23)26)10-8-15-7-4-11-27-15/h4,7,9,11-12,14,18H,1-3,5-6,8,10,13H2/p+1. The molecule has 0 bridgehead atoms. The Hall–Kier alpha value is -1.93. The number of carbonyl (C=O) groups excluding carboxylic acids is 3. The van der Waals surface area contributed by atoms with E-state index in [-0.39, 0.29) is 24.4 Å². The molecule has 3 heterocycles. The largest absolute Gasteiger partial charge is 0.501 e. The molecule has 3 aliphatic rings. The van der Waals surface area contributed by atoms with Gasteiger partial charge in [-0.15, -0.1) is 23.1 Å². The summed E-state index contributed by atoms with van der Waals surface area (Å²) in [5.74, 6) is -0.333. The van der Waals surface area contributed by atoms with Crippen molar-refractivity contribution >= 4 is 46.7 Å². The Morgan fingerprint density at radius 1 is 1.25 bits per heavy atom. The number of urea groups is 1. The highest BCUT2D eigenvalue weighted by atomic mass is 32.2. The Balaban J connectivity index is 1.48. The lowest BCUT2D eigenvalue weighted by Crippen LogP contribution is -2.57. The number of allylic oxidation sites excluding steroid dienone is 1. The van der Waals surface area contributed by atoms with Gasteiger partial charge >= 0.3 is 11.9 Å². The number of amides is 4. The van der Waals surface area contributed by atoms with E-state index >= 15 is 0 Å². The van der Waals surface area contributed by atoms with Crippen LogP contribution in [-0.2, 0) is 16.0 Å². The number of thioether (sulfide) groups is 1. The molecule has 0 radical (unpaired) electrons. The van der Waals surface area contributed by atoms with Crippen LogP contribution in [0.2, 0.25) is 0 Å². The maximum atomic E-state index is 13.1. The summed E-state index contributed by atoms with van der Waals surface area (Å²) in [5, 5.41) is 6.46. The van der Waals surface area contributed by atoms with Gasteiger partial charge in [0.25, 0.3) is 5.91 Å². The summed E-state index contributed by atoms with van der Waals surface area (Å²) in [7, 11) is 0. The molecule has 1 aromatic heterocycles. The summed E-state index contributed by atoms with van der Waals surface area (Å²) in [6.07, 6.45) is 7.92. The van der Waals surface area contributed by atoms with E-state index in [2.05, 4.69) is 5.32 Å². The second-order valence-corrected chi connectivity index (χ2v) is 9.38. The van der Waals surface area contributed by atoms with Crippen LogP contribution in [0, 0.1) is 0 Å². The van der Waals surface area contributed by atoms with Crippen molar-refractivity contribution in [2.45, 2.75) is 49.8 Å². The Kier molecular flexibility index (Phi) is 5.96. The summed E-state index contributed by atoms with van der Waals surface area (Å²) in [6, 6.07) is 3.78. The van der Waals surface area contributed by atoms with Gasteiger partial charge in [-0.3, -0.25) is 4.79 Å². The highest BCUT2D eigenvalue weighted by Crippen LogP contribution is 2.28. The van der Waals surface area contributed by atoms with E-state index in [4.69, 9.17) is 0 Å². The molecule has 1 saturated carbocycles. The van der Waals surface area contributed by atoms with Crippen LogP contribution in [0.4, 0.5) is 4.79 Å². The second-order valence-electron chi connectivity index (χ2n) is 7.33. The lowest BCUT2D eigenvalue weighted by atomic mass is 9.95. The molecule has 6 nitrogen and oxygen atoms in total. The average Bonchev–Trinajstić information content (AvgIpc) is 3.38. The number of carbonyl (C=O) groups is 3. The lowest BCUT2D eigenvalue weighted by Gasteiger charge is -2.25. The molecular formula is C20H24N3O3S2+. The van der Waals surface area contributed by atoms with E-state index < -0.39 is 11.3 Å². The molecule has 4 amide bonds. The van der Waals surface area contributed by atoms with Crippen molar-refractivity contribution in [2.24, 2.45) is 0 Å². The maximum absolute atomic E-state index is 13.1. The van der Waals surface area contributed by atoms with Crippen molar-refractivity contribution in [1.82, 2.24) is 10.2 Å². The Bertz CT molecular complexity index is 826. The van der Waals surface area contributed by atoms with Crippen molar-refractivity contribution in [1.29, 1.82) is 0 Å². The summed E-state index contributed by atoms with van der Waals surface area (Å²) in [4.78, 5) is 40.9. The van der Waals surface area contributed by atoms with Crippen molar-refractivity contribution in [3.8, 4) is 0 Å². The molecule has 4 rings (SSSR count). The number of nitrogens with one attached hydrogen (secondary N) is 1. The first-order valence-electron chi connectivity index (χ1n) is 9.77. The molecule has 0 spiro atoms. The predicted octanol–water partition coefficient (Wildman–Crippen LogP) is 2.78. The van der Waals surface area contributed by atoms with Crippen molar-refractivity contribution in [3.05, 3.63) is 33.9 Å². The third-order valence-corrected chi connectivity index (χ3v) is 7.36. The van der Waals surface area contributed by atoms with Gasteiger partial charge in [-0.2, -0.15) is 14.3 Å². The van der Waals surface area contributed by atoms with E-state index in [1.807, 2.05) is 22.9 Å². The predicted molar refractivity (Wildman–Crippen MR) is 111 cm³/mol. The van der Waals surface area contributed by atoms with E-state index in [0.29, 0.717) is 18.7 Å². The first kappa shape index (κ1) is 19.4. The number of fused-ring (bicyclic) bond motifs is 1. The minimum Gasteiger partial charge on any atom is -0.350 e. The van der Waals surface area contributed by atoms with Gasteiger partial charge in [-0.05, 0) is 35.8 Å². The fourth-order valence-corrected chi connectivity index (χ4v) is 5.62. The molecule has 1 unspecified atom stereocenters. The second kappa shape index (κ2) is 8.61. The van der Waals surface area contributed by atoms with Crippen LogP contribution in [0.25, 0.3) is 0 Å². The van der Waals surface area contributed by atoms with Crippen LogP contribution in [0.1, 0.15) is 37.0 Å². The summed E-state index contributed by atoms with van der Waals surface area (Å²) in [6.45, 7) is 0.304. The molecule has 1 N–H and O–H groups in total. The lowest BCUT2D eigenvalue weighted by molar-refractivity contribution is -0.426. The molecule has 1 aromatic rings. The minimum atomic E-state index is -0.427. The molecule has 0 aromatic carbocycles. The van der Waals surface area contributed by atoms with E-state index in [1.54, 1.807) is 17.4 Å². The van der Waals surface area contributed by atoms with Crippen molar-refractivity contribution in [2.75, 3.05) is 13.1 Å². The van der Waals surface area contributed by atoms with Crippen LogP contribution in [-0.4, -0.2) is 57.4 Å². The number of hydrogen-bond donors (Lipinski definition) is 1. The monoisotopic (exact) mass is 418 g/mol. The summed E-state index contributed by atoms with van der Waals surface area (Å²) < 4.78 is 1.48. The van der Waals surface area contributed by atoms with E-state index in [1.165, 1.54) is 27.7 Å². The van der Waals surface area contributed by atoms with E-state index in [9.17, 15) is 14.4 Å². The van der Waals surface area contributed by atoms with Gasteiger partial charge in [-0.1, -0.05) is 25.3 Å². The number of thiophene rings is 1. The van der Waals surface area contributed by atoms with Crippen LogP contribution < -0.4 is 5.32 Å². The average molecular weight is 419 g/mol. The smallest absolute Gasteiger partial charge is 0.350 e. The maximum Gasteiger partial charge on any atom is 0.501 e. The number of nitrogens with zero attached hydrogens (tertiary/aromatic N) is 2. The zero-order chi connectivity index (χ0) is 19.5. The molecule has 28 heavy (non-hydrogen) atoms. The fourth-order valence-electron chi connectivity index (χ4n) is 3.96. The summed E-state index contributed by atoms with van der Waals surface area (Å²) in [5.41, 5.74) is 0.631. The molecule has 1 fully saturated rings. The van der Waals surface area contributed by atoms with Gasteiger partial charge in [0.2, 0.25) is 0 Å². The Labute approximate surface area is 172 Å². The molecule has 148 valence electrons. The minimum absolute atomic E-state index is 0.0329. The number of rotatable bonds is 6. The van der Waals surface area contributed by atoms with Gasteiger partial charge in [0.1, 0.15) is 12.3 Å². The van der Waals surface area contributed by atoms with Gasteiger partial charge in [0.05, 0.1) is 0 Å². The van der Waals surface area contributed by atoms with Gasteiger partial charge < -0.3 is 5.32 Å². The fraction of sp³-hybridized carbons (Fsp3) is 0.500. The highest BCUT2D eigenvalue weighted by molar-refractivity contribution is 8.04. The first-order valence-corrected chi connectivity index (χ1v) is 11.6.